The second-order valence-electron chi connectivity index (χ2n) is 10.6. The number of fused-ring (bicyclic) bond motifs is 2. The molecule has 1 aliphatic heterocycles. The molecule has 39 heavy (non-hydrogen) atoms. The zero-order valence-corrected chi connectivity index (χ0v) is 22.1. The molecule has 1 aliphatic carbocycles. The van der Waals surface area contributed by atoms with Gasteiger partial charge in [0.15, 0.2) is 0 Å². The molecular weight excluding hydrogens is 490 g/mol. The standard InChI is InChI=1S/C31H35N5O3/c32-19-21-8-7-9-22(16-21)31(39)36-15-6-2-1-5-13-33-30(38)26-17-24(18-28(26)36)29(37)34-14-12-23-20-35-27-11-4-3-10-25(23)27/h3-4,7-11,16,20,24,26,28,35H,1-2,5-6,12-15,17-18H2,(H,33,38)(H,34,37). The van der Waals surface area contributed by atoms with Gasteiger partial charge in [-0.05, 0) is 61.9 Å². The van der Waals surface area contributed by atoms with E-state index >= 15 is 0 Å². The van der Waals surface area contributed by atoms with Crippen LogP contribution in [-0.2, 0) is 16.0 Å². The van der Waals surface area contributed by atoms with Crippen molar-refractivity contribution in [2.75, 3.05) is 19.6 Å². The number of aromatic nitrogens is 1. The lowest BCUT2D eigenvalue weighted by Gasteiger charge is -2.32. The number of amides is 3. The van der Waals surface area contributed by atoms with Crippen molar-refractivity contribution in [1.29, 1.82) is 5.26 Å². The van der Waals surface area contributed by atoms with Crippen LogP contribution in [0.4, 0.5) is 0 Å². The van der Waals surface area contributed by atoms with E-state index in [1.54, 1.807) is 29.2 Å². The Labute approximate surface area is 228 Å². The summed E-state index contributed by atoms with van der Waals surface area (Å²) < 4.78 is 0. The molecule has 8 heteroatoms. The van der Waals surface area contributed by atoms with Crippen LogP contribution < -0.4 is 10.6 Å². The molecule has 2 fully saturated rings. The maximum atomic E-state index is 13.7. The molecule has 2 aromatic carbocycles. The SMILES string of the molecule is N#Cc1cccc(C(=O)N2CCCCCCNC(=O)C3CC(C(=O)NCCc4c[nH]c5ccccc45)CC32)c1. The van der Waals surface area contributed by atoms with Gasteiger partial charge in [0.1, 0.15) is 0 Å². The molecule has 3 atom stereocenters. The fraction of sp³-hybridized carbons (Fsp3) is 0.419. The Morgan fingerprint density at radius 2 is 1.90 bits per heavy atom. The molecule has 0 spiro atoms. The Kier molecular flexibility index (Phi) is 8.26. The molecule has 0 radical (unpaired) electrons. The number of hydrogen-bond acceptors (Lipinski definition) is 4. The first kappa shape index (κ1) is 26.5. The maximum Gasteiger partial charge on any atom is 0.254 e. The molecule has 1 saturated heterocycles. The molecule has 8 nitrogen and oxygen atoms in total. The highest BCUT2D eigenvalue weighted by Crippen LogP contribution is 2.36. The summed E-state index contributed by atoms with van der Waals surface area (Å²) in [6, 6.07) is 16.5. The van der Waals surface area contributed by atoms with Gasteiger partial charge in [-0.3, -0.25) is 14.4 Å². The molecule has 1 aromatic heterocycles. The van der Waals surface area contributed by atoms with E-state index in [1.807, 2.05) is 24.4 Å². The van der Waals surface area contributed by atoms with Crippen molar-refractivity contribution < 1.29 is 14.4 Å². The van der Waals surface area contributed by atoms with Crippen molar-refractivity contribution in [2.24, 2.45) is 11.8 Å². The number of hydrogen-bond donors (Lipinski definition) is 3. The number of para-hydroxylation sites is 1. The van der Waals surface area contributed by atoms with Crippen molar-refractivity contribution in [3.63, 3.8) is 0 Å². The van der Waals surface area contributed by atoms with Gasteiger partial charge in [0.2, 0.25) is 11.8 Å². The molecule has 3 N–H and O–H groups in total. The molecule has 2 aliphatic rings. The summed E-state index contributed by atoms with van der Waals surface area (Å²) in [7, 11) is 0. The quantitative estimate of drug-likeness (QED) is 0.468. The van der Waals surface area contributed by atoms with Gasteiger partial charge in [-0.15, -0.1) is 0 Å². The fourth-order valence-electron chi connectivity index (χ4n) is 6.07. The Morgan fingerprint density at radius 1 is 1.05 bits per heavy atom. The number of nitrogens with one attached hydrogen (secondary N) is 3. The van der Waals surface area contributed by atoms with Crippen molar-refractivity contribution in [2.45, 2.75) is 51.0 Å². The van der Waals surface area contributed by atoms with Crippen LogP contribution in [0.15, 0.2) is 54.7 Å². The average molecular weight is 526 g/mol. The molecule has 3 unspecified atom stereocenters. The minimum absolute atomic E-state index is 0.0684. The number of nitriles is 1. The molecule has 1 saturated carbocycles. The summed E-state index contributed by atoms with van der Waals surface area (Å²) in [5.41, 5.74) is 3.09. The van der Waals surface area contributed by atoms with Gasteiger partial charge in [0.05, 0.1) is 17.6 Å². The second-order valence-corrected chi connectivity index (χ2v) is 10.6. The smallest absolute Gasteiger partial charge is 0.254 e. The summed E-state index contributed by atoms with van der Waals surface area (Å²) in [5.74, 6) is -1.14. The minimum atomic E-state index is -0.449. The Morgan fingerprint density at radius 3 is 2.77 bits per heavy atom. The molecule has 5 rings (SSSR count). The number of rotatable bonds is 5. The lowest BCUT2D eigenvalue weighted by molar-refractivity contribution is -0.126. The van der Waals surface area contributed by atoms with E-state index in [9.17, 15) is 19.6 Å². The van der Waals surface area contributed by atoms with Crippen LogP contribution in [0.5, 0.6) is 0 Å². The highest BCUT2D eigenvalue weighted by molar-refractivity contribution is 5.95. The summed E-state index contributed by atoms with van der Waals surface area (Å²) in [5, 5.41) is 16.6. The Hall–Kier alpha value is -4.12. The van der Waals surface area contributed by atoms with Gasteiger partial charge < -0.3 is 20.5 Å². The number of nitrogens with zero attached hydrogens (tertiary/aromatic N) is 2. The van der Waals surface area contributed by atoms with E-state index in [0.29, 0.717) is 50.0 Å². The van der Waals surface area contributed by atoms with Crippen LogP contribution in [0, 0.1) is 23.2 Å². The van der Waals surface area contributed by atoms with Gasteiger partial charge in [0.25, 0.3) is 5.91 Å². The second kappa shape index (κ2) is 12.2. The van der Waals surface area contributed by atoms with E-state index in [1.165, 1.54) is 0 Å². The van der Waals surface area contributed by atoms with Crippen LogP contribution in [0.1, 0.15) is 60.0 Å². The van der Waals surface area contributed by atoms with Crippen LogP contribution >= 0.6 is 0 Å². The van der Waals surface area contributed by atoms with Gasteiger partial charge in [0, 0.05) is 54.3 Å². The lowest BCUT2D eigenvalue weighted by Crippen LogP contribution is -2.47. The third-order valence-electron chi connectivity index (χ3n) is 8.13. The van der Waals surface area contributed by atoms with Crippen LogP contribution in [0.25, 0.3) is 10.9 Å². The molecular formula is C31H35N5O3. The number of carbonyl (C=O) groups excluding carboxylic acids is 3. The third kappa shape index (κ3) is 5.98. The molecule has 2 heterocycles. The highest BCUT2D eigenvalue weighted by Gasteiger charge is 2.45. The zero-order valence-electron chi connectivity index (χ0n) is 22.1. The first-order valence-corrected chi connectivity index (χ1v) is 14.0. The lowest BCUT2D eigenvalue weighted by atomic mass is 9.99. The Balaban J connectivity index is 1.31. The van der Waals surface area contributed by atoms with Crippen LogP contribution in [-0.4, -0.2) is 53.3 Å². The van der Waals surface area contributed by atoms with Crippen LogP contribution in [0.3, 0.4) is 0 Å². The summed E-state index contributed by atoms with van der Waals surface area (Å²) in [6.07, 6.45) is 7.24. The summed E-state index contributed by atoms with van der Waals surface area (Å²) in [4.78, 5) is 45.4. The van der Waals surface area contributed by atoms with Gasteiger partial charge in [-0.2, -0.15) is 5.26 Å². The number of benzene rings is 2. The van der Waals surface area contributed by atoms with Gasteiger partial charge in [-0.25, -0.2) is 0 Å². The summed E-state index contributed by atoms with van der Waals surface area (Å²) >= 11 is 0. The highest BCUT2D eigenvalue weighted by atomic mass is 16.2. The van der Waals surface area contributed by atoms with E-state index in [-0.39, 0.29) is 29.7 Å². The van der Waals surface area contributed by atoms with Crippen LogP contribution in [0.2, 0.25) is 0 Å². The monoisotopic (exact) mass is 525 g/mol. The minimum Gasteiger partial charge on any atom is -0.361 e. The van der Waals surface area contributed by atoms with E-state index in [4.69, 9.17) is 0 Å². The van der Waals surface area contributed by atoms with E-state index in [0.717, 1.165) is 42.1 Å². The number of carbonyl (C=O) groups is 3. The van der Waals surface area contributed by atoms with Gasteiger partial charge >= 0.3 is 0 Å². The molecule has 0 bridgehead atoms. The van der Waals surface area contributed by atoms with Crippen molar-refractivity contribution in [3.05, 3.63) is 71.4 Å². The van der Waals surface area contributed by atoms with Gasteiger partial charge in [-0.1, -0.05) is 37.1 Å². The van der Waals surface area contributed by atoms with Crippen molar-refractivity contribution in [3.8, 4) is 6.07 Å². The molecule has 202 valence electrons. The normalized spacial score (nSPS) is 21.9. The first-order valence-electron chi connectivity index (χ1n) is 14.0. The average Bonchev–Trinajstić information content (AvgIpc) is 3.58. The van der Waals surface area contributed by atoms with E-state index < -0.39 is 5.92 Å². The molecule has 3 amide bonds. The van der Waals surface area contributed by atoms with E-state index in [2.05, 4.69) is 27.8 Å². The van der Waals surface area contributed by atoms with Crippen molar-refractivity contribution in [1.82, 2.24) is 20.5 Å². The van der Waals surface area contributed by atoms with Crippen molar-refractivity contribution >= 4 is 28.6 Å². The zero-order chi connectivity index (χ0) is 27.2. The topological polar surface area (TPSA) is 118 Å². The third-order valence-corrected chi connectivity index (χ3v) is 8.13. The predicted molar refractivity (Wildman–Crippen MR) is 149 cm³/mol. The fourth-order valence-corrected chi connectivity index (χ4v) is 6.07. The predicted octanol–water partition coefficient (Wildman–Crippen LogP) is 3.93. The first-order chi connectivity index (χ1) is 19.0. The number of H-pyrrole nitrogens is 1. The summed E-state index contributed by atoms with van der Waals surface area (Å²) in [6.45, 7) is 1.64. The molecule has 3 aromatic rings. The largest absolute Gasteiger partial charge is 0.361 e. The Bertz CT molecular complexity index is 1390. The number of aromatic amines is 1. The maximum absolute atomic E-state index is 13.7.